The van der Waals surface area contributed by atoms with E-state index in [0.717, 1.165) is 19.4 Å². The van der Waals surface area contributed by atoms with Gasteiger partial charge in [0.15, 0.2) is 5.11 Å². The van der Waals surface area contributed by atoms with Crippen LogP contribution in [0.25, 0.3) is 0 Å². The van der Waals surface area contributed by atoms with Crippen molar-refractivity contribution in [2.24, 2.45) is 0 Å². The molecule has 1 unspecified atom stereocenters. The Balaban J connectivity index is 1.96. The van der Waals surface area contributed by atoms with Crippen LogP contribution in [0.4, 0.5) is 5.69 Å². The van der Waals surface area contributed by atoms with E-state index in [0.29, 0.717) is 24.2 Å². The molecule has 124 valence electrons. The lowest BCUT2D eigenvalue weighted by Gasteiger charge is -2.14. The van der Waals surface area contributed by atoms with Crippen molar-refractivity contribution in [1.82, 2.24) is 10.6 Å². The minimum atomic E-state index is -0.201. The zero-order chi connectivity index (χ0) is 16.7. The van der Waals surface area contributed by atoms with Crippen molar-refractivity contribution >= 4 is 34.8 Å². The number of anilines is 1. The molecule has 3 N–H and O–H groups in total. The van der Waals surface area contributed by atoms with Gasteiger partial charge in [-0.25, -0.2) is 0 Å². The third kappa shape index (κ3) is 5.30. The maximum Gasteiger partial charge on any atom is 0.253 e. The van der Waals surface area contributed by atoms with E-state index in [-0.39, 0.29) is 23.0 Å². The van der Waals surface area contributed by atoms with Crippen LogP contribution in [0, 0.1) is 0 Å². The summed E-state index contributed by atoms with van der Waals surface area (Å²) >= 11 is 5.08. The van der Waals surface area contributed by atoms with E-state index >= 15 is 0 Å². The van der Waals surface area contributed by atoms with E-state index in [1.54, 1.807) is 31.2 Å². The quantitative estimate of drug-likeness (QED) is 0.715. The first-order valence-electron chi connectivity index (χ1n) is 7.69. The first-order valence-corrected chi connectivity index (χ1v) is 8.10. The number of rotatable bonds is 5. The lowest BCUT2D eigenvalue weighted by Crippen LogP contribution is -2.35. The van der Waals surface area contributed by atoms with Gasteiger partial charge in [0.05, 0.1) is 17.4 Å². The highest BCUT2D eigenvalue weighted by molar-refractivity contribution is 7.80. The lowest BCUT2D eigenvalue weighted by molar-refractivity contribution is -0.119. The zero-order valence-electron chi connectivity index (χ0n) is 13.1. The van der Waals surface area contributed by atoms with E-state index in [4.69, 9.17) is 17.0 Å². The number of carbonyl (C=O) groups excluding carboxylic acids is 2. The van der Waals surface area contributed by atoms with Gasteiger partial charge >= 0.3 is 0 Å². The first-order chi connectivity index (χ1) is 11.1. The molecule has 1 aliphatic heterocycles. The molecule has 0 radical (unpaired) electrons. The molecule has 1 aromatic rings. The second-order valence-corrected chi connectivity index (χ2v) is 5.65. The highest BCUT2D eigenvalue weighted by Crippen LogP contribution is 2.16. The van der Waals surface area contributed by atoms with Crippen molar-refractivity contribution in [2.75, 3.05) is 18.5 Å². The Morgan fingerprint density at radius 1 is 1.35 bits per heavy atom. The van der Waals surface area contributed by atoms with Gasteiger partial charge < -0.3 is 20.7 Å². The molecule has 1 atom stereocenters. The smallest absolute Gasteiger partial charge is 0.253 e. The highest BCUT2D eigenvalue weighted by atomic mass is 32.1. The third-order valence-corrected chi connectivity index (χ3v) is 3.71. The Bertz CT molecular complexity index is 586. The van der Waals surface area contributed by atoms with Crippen LogP contribution in [0.15, 0.2) is 24.3 Å². The molecule has 1 heterocycles. The summed E-state index contributed by atoms with van der Waals surface area (Å²) in [6.07, 6.45) is 2.42. The van der Waals surface area contributed by atoms with E-state index < -0.39 is 0 Å². The average Bonchev–Trinajstić information content (AvgIpc) is 3.06. The van der Waals surface area contributed by atoms with Crippen LogP contribution >= 0.6 is 12.2 Å². The molecule has 0 saturated carbocycles. The number of nitrogens with one attached hydrogen (secondary N) is 3. The highest BCUT2D eigenvalue weighted by Gasteiger charge is 2.18. The maximum atomic E-state index is 12.3. The predicted octanol–water partition coefficient (Wildman–Crippen LogP) is 1.82. The fourth-order valence-corrected chi connectivity index (χ4v) is 2.49. The lowest BCUT2D eigenvalue weighted by atomic mass is 10.1. The van der Waals surface area contributed by atoms with E-state index in [9.17, 15) is 9.59 Å². The van der Waals surface area contributed by atoms with E-state index in [1.807, 2.05) is 0 Å². The number of hydrogen-bond donors (Lipinski definition) is 3. The van der Waals surface area contributed by atoms with E-state index in [2.05, 4.69) is 16.0 Å². The molecule has 2 amide bonds. The molecular formula is C16H21N3O3S. The fourth-order valence-electron chi connectivity index (χ4n) is 2.27. The van der Waals surface area contributed by atoms with Crippen molar-refractivity contribution < 1.29 is 14.3 Å². The van der Waals surface area contributed by atoms with Crippen LogP contribution < -0.4 is 16.0 Å². The number of ether oxygens (including phenoxy) is 1. The van der Waals surface area contributed by atoms with Gasteiger partial charge in [0, 0.05) is 19.6 Å². The van der Waals surface area contributed by atoms with Gasteiger partial charge in [0.2, 0.25) is 5.91 Å². The standard InChI is InChI=1S/C16H21N3O3S/c1-2-14(20)19-16(23)18-13-8-4-3-7-12(13)15(21)17-10-11-6-5-9-22-11/h3-4,7-8,11H,2,5-6,9-10H2,1H3,(H,17,21)(H2,18,19,20,23). The van der Waals surface area contributed by atoms with Gasteiger partial charge in [-0.15, -0.1) is 0 Å². The predicted molar refractivity (Wildman–Crippen MR) is 92.4 cm³/mol. The summed E-state index contributed by atoms with van der Waals surface area (Å²) in [5.41, 5.74) is 1.03. The summed E-state index contributed by atoms with van der Waals surface area (Å²) in [5, 5.41) is 8.49. The summed E-state index contributed by atoms with van der Waals surface area (Å²) in [5.74, 6) is -0.379. The molecule has 1 fully saturated rings. The summed E-state index contributed by atoms with van der Waals surface area (Å²) in [7, 11) is 0. The van der Waals surface area contributed by atoms with Gasteiger partial charge in [0.1, 0.15) is 0 Å². The normalized spacial score (nSPS) is 16.7. The molecule has 0 bridgehead atoms. The molecule has 1 aromatic carbocycles. The van der Waals surface area contributed by atoms with Crippen LogP contribution in [0.5, 0.6) is 0 Å². The number of thiocarbonyl (C=S) groups is 1. The summed E-state index contributed by atoms with van der Waals surface area (Å²) in [6, 6.07) is 7.02. The van der Waals surface area contributed by atoms with Crippen molar-refractivity contribution in [1.29, 1.82) is 0 Å². The van der Waals surface area contributed by atoms with Crippen molar-refractivity contribution in [3.8, 4) is 0 Å². The van der Waals surface area contributed by atoms with Crippen LogP contribution in [-0.4, -0.2) is 36.2 Å². The number of para-hydroxylation sites is 1. The van der Waals surface area contributed by atoms with Crippen molar-refractivity contribution in [3.05, 3.63) is 29.8 Å². The molecule has 1 saturated heterocycles. The summed E-state index contributed by atoms with van der Waals surface area (Å²) in [6.45, 7) is 2.98. The Morgan fingerprint density at radius 2 is 2.13 bits per heavy atom. The summed E-state index contributed by atoms with van der Waals surface area (Å²) in [4.78, 5) is 23.7. The molecule has 2 rings (SSSR count). The maximum absolute atomic E-state index is 12.3. The minimum absolute atomic E-state index is 0.0870. The Labute approximate surface area is 141 Å². The zero-order valence-corrected chi connectivity index (χ0v) is 13.9. The third-order valence-electron chi connectivity index (χ3n) is 3.51. The number of amides is 2. The monoisotopic (exact) mass is 335 g/mol. The SMILES string of the molecule is CCC(=O)NC(=S)Nc1ccccc1C(=O)NCC1CCCO1. The van der Waals surface area contributed by atoms with E-state index in [1.165, 1.54) is 0 Å². The van der Waals surface area contributed by atoms with Crippen molar-refractivity contribution in [3.63, 3.8) is 0 Å². The van der Waals surface area contributed by atoms with Gasteiger partial charge in [-0.3, -0.25) is 9.59 Å². The Morgan fingerprint density at radius 3 is 2.83 bits per heavy atom. The molecule has 0 spiro atoms. The summed E-state index contributed by atoms with van der Waals surface area (Å²) < 4.78 is 5.49. The van der Waals surface area contributed by atoms with Crippen LogP contribution in [-0.2, 0) is 9.53 Å². The van der Waals surface area contributed by atoms with Crippen molar-refractivity contribution in [2.45, 2.75) is 32.3 Å². The average molecular weight is 335 g/mol. The molecular weight excluding hydrogens is 314 g/mol. The van der Waals surface area contributed by atoms with Crippen LogP contribution in [0.3, 0.4) is 0 Å². The number of carbonyl (C=O) groups is 2. The van der Waals surface area contributed by atoms with Crippen LogP contribution in [0.2, 0.25) is 0 Å². The van der Waals surface area contributed by atoms with Gasteiger partial charge in [-0.1, -0.05) is 19.1 Å². The molecule has 7 heteroatoms. The number of benzene rings is 1. The second kappa shape index (κ2) is 8.59. The topological polar surface area (TPSA) is 79.5 Å². The molecule has 6 nitrogen and oxygen atoms in total. The molecule has 23 heavy (non-hydrogen) atoms. The van der Waals surface area contributed by atoms with Crippen LogP contribution in [0.1, 0.15) is 36.5 Å². The molecule has 1 aliphatic rings. The van der Waals surface area contributed by atoms with Gasteiger partial charge in [-0.2, -0.15) is 0 Å². The second-order valence-electron chi connectivity index (χ2n) is 5.25. The fraction of sp³-hybridized carbons (Fsp3) is 0.438. The first kappa shape index (κ1) is 17.4. The van der Waals surface area contributed by atoms with Gasteiger partial charge in [0.25, 0.3) is 5.91 Å². The van der Waals surface area contributed by atoms with Gasteiger partial charge in [-0.05, 0) is 37.2 Å². The molecule has 0 aromatic heterocycles. The molecule has 0 aliphatic carbocycles. The Hall–Kier alpha value is -1.99. The minimum Gasteiger partial charge on any atom is -0.376 e. The largest absolute Gasteiger partial charge is 0.376 e. The Kier molecular flexibility index (Phi) is 6.49. The number of hydrogen-bond acceptors (Lipinski definition) is 4.